The van der Waals surface area contributed by atoms with Crippen LogP contribution in [0.2, 0.25) is 0 Å². The Balaban J connectivity index is 1.49. The molecule has 0 spiro atoms. The molecule has 2 N–H and O–H groups in total. The first-order valence-corrected chi connectivity index (χ1v) is 11.1. The van der Waals surface area contributed by atoms with Gasteiger partial charge < -0.3 is 19.6 Å². The highest BCUT2D eigenvalue weighted by atomic mass is 16.5. The van der Waals surface area contributed by atoms with Gasteiger partial charge in [-0.2, -0.15) is 0 Å². The molecule has 4 rings (SSSR count). The number of methoxy groups -OCH3 is 1. The molecule has 0 aliphatic heterocycles. The molecule has 34 heavy (non-hydrogen) atoms. The molecule has 0 aliphatic rings. The van der Waals surface area contributed by atoms with Crippen LogP contribution in [0.4, 0.5) is 0 Å². The number of amides is 1. The zero-order valence-electron chi connectivity index (χ0n) is 19.4. The van der Waals surface area contributed by atoms with E-state index in [0.717, 1.165) is 16.7 Å². The van der Waals surface area contributed by atoms with Crippen LogP contribution in [0.3, 0.4) is 0 Å². The standard InChI is InChI=1S/C28H27NO5/c1-17(2)22-6-4-5-7-23(22)19-10-8-18(9-11-19)14-24(28(31)32)29-27(30)26-16-20-15-21(33-3)12-13-25(20)34-26/h4-13,15-17,24H,14H2,1-3H3,(H,29,30)(H,31,32)/t24-/m0/s1. The van der Waals surface area contributed by atoms with E-state index in [9.17, 15) is 14.7 Å². The molecule has 0 saturated heterocycles. The van der Waals surface area contributed by atoms with Crippen LogP contribution in [-0.2, 0) is 11.2 Å². The number of hydrogen-bond donors (Lipinski definition) is 2. The predicted molar refractivity (Wildman–Crippen MR) is 131 cm³/mol. The smallest absolute Gasteiger partial charge is 0.326 e. The van der Waals surface area contributed by atoms with Gasteiger partial charge in [-0.1, -0.05) is 62.4 Å². The summed E-state index contributed by atoms with van der Waals surface area (Å²) in [6, 6.07) is 21.7. The first-order chi connectivity index (χ1) is 16.4. The third kappa shape index (κ3) is 4.96. The maximum atomic E-state index is 12.7. The molecule has 1 atom stereocenters. The summed E-state index contributed by atoms with van der Waals surface area (Å²) in [6.45, 7) is 4.32. The lowest BCUT2D eigenvalue weighted by molar-refractivity contribution is -0.139. The third-order valence-electron chi connectivity index (χ3n) is 5.84. The van der Waals surface area contributed by atoms with Gasteiger partial charge in [-0.15, -0.1) is 0 Å². The first kappa shape index (κ1) is 23.1. The van der Waals surface area contributed by atoms with Crippen molar-refractivity contribution >= 4 is 22.8 Å². The van der Waals surface area contributed by atoms with Crippen molar-refractivity contribution in [3.05, 3.63) is 89.7 Å². The van der Waals surface area contributed by atoms with Crippen LogP contribution in [0.25, 0.3) is 22.1 Å². The highest BCUT2D eigenvalue weighted by Gasteiger charge is 2.23. The van der Waals surface area contributed by atoms with Crippen LogP contribution in [0.5, 0.6) is 5.75 Å². The minimum absolute atomic E-state index is 0.0511. The number of hydrogen-bond acceptors (Lipinski definition) is 4. The van der Waals surface area contributed by atoms with Gasteiger partial charge in [0.15, 0.2) is 5.76 Å². The normalized spacial score (nSPS) is 12.0. The van der Waals surface area contributed by atoms with E-state index in [1.54, 1.807) is 31.4 Å². The summed E-state index contributed by atoms with van der Waals surface area (Å²) in [5.74, 6) is -0.606. The third-order valence-corrected chi connectivity index (χ3v) is 5.84. The molecule has 0 unspecified atom stereocenters. The molecular formula is C28H27NO5. The van der Waals surface area contributed by atoms with Crippen molar-refractivity contribution in [3.8, 4) is 16.9 Å². The first-order valence-electron chi connectivity index (χ1n) is 11.1. The molecule has 1 aromatic heterocycles. The maximum Gasteiger partial charge on any atom is 0.326 e. The van der Waals surface area contributed by atoms with Crippen LogP contribution < -0.4 is 10.1 Å². The van der Waals surface area contributed by atoms with Crippen molar-refractivity contribution in [2.45, 2.75) is 32.2 Å². The number of ether oxygens (including phenoxy) is 1. The predicted octanol–water partition coefficient (Wildman–Crippen LogP) is 5.66. The van der Waals surface area contributed by atoms with Crippen LogP contribution in [0.15, 0.2) is 77.2 Å². The van der Waals surface area contributed by atoms with E-state index in [-0.39, 0.29) is 12.2 Å². The Kier molecular flexibility index (Phi) is 6.68. The molecule has 174 valence electrons. The highest BCUT2D eigenvalue weighted by molar-refractivity contribution is 5.98. The van der Waals surface area contributed by atoms with Crippen LogP contribution in [-0.4, -0.2) is 30.1 Å². The fourth-order valence-corrected chi connectivity index (χ4v) is 4.01. The van der Waals surface area contributed by atoms with Crippen molar-refractivity contribution in [2.24, 2.45) is 0 Å². The van der Waals surface area contributed by atoms with Crippen molar-refractivity contribution in [1.29, 1.82) is 0 Å². The second kappa shape index (κ2) is 9.83. The molecule has 0 radical (unpaired) electrons. The maximum absolute atomic E-state index is 12.7. The molecule has 3 aromatic carbocycles. The highest BCUT2D eigenvalue weighted by Crippen LogP contribution is 2.29. The molecule has 4 aromatic rings. The summed E-state index contributed by atoms with van der Waals surface area (Å²) in [6.07, 6.45) is 0.154. The van der Waals surface area contributed by atoms with Gasteiger partial charge in [0.25, 0.3) is 5.91 Å². The van der Waals surface area contributed by atoms with E-state index < -0.39 is 17.9 Å². The summed E-state index contributed by atoms with van der Waals surface area (Å²) in [7, 11) is 1.56. The Morgan fingerprint density at radius 3 is 2.41 bits per heavy atom. The molecular weight excluding hydrogens is 430 g/mol. The van der Waals surface area contributed by atoms with Crippen molar-refractivity contribution < 1.29 is 23.8 Å². The largest absolute Gasteiger partial charge is 0.497 e. The average molecular weight is 458 g/mol. The molecule has 0 bridgehead atoms. The quantitative estimate of drug-likeness (QED) is 0.357. The molecule has 1 amide bonds. The summed E-state index contributed by atoms with van der Waals surface area (Å²) in [5, 5.41) is 13.0. The van der Waals surface area contributed by atoms with Gasteiger partial charge in [-0.05, 0) is 52.4 Å². The van der Waals surface area contributed by atoms with E-state index in [0.29, 0.717) is 22.6 Å². The van der Waals surface area contributed by atoms with Crippen LogP contribution in [0.1, 0.15) is 41.4 Å². The molecule has 6 heteroatoms. The van der Waals surface area contributed by atoms with E-state index in [1.165, 1.54) is 5.56 Å². The van der Waals surface area contributed by atoms with Crippen LogP contribution >= 0.6 is 0 Å². The summed E-state index contributed by atoms with van der Waals surface area (Å²) >= 11 is 0. The second-order valence-electron chi connectivity index (χ2n) is 8.52. The van der Waals surface area contributed by atoms with Gasteiger partial charge in [0.05, 0.1) is 7.11 Å². The molecule has 0 fully saturated rings. The lowest BCUT2D eigenvalue weighted by atomic mass is 9.92. The number of carboxylic acids is 1. The molecule has 0 saturated carbocycles. The number of carbonyl (C=O) groups excluding carboxylic acids is 1. The number of benzene rings is 3. The number of nitrogens with one attached hydrogen (secondary N) is 1. The van der Waals surface area contributed by atoms with E-state index >= 15 is 0 Å². The van der Waals surface area contributed by atoms with E-state index in [1.807, 2.05) is 36.4 Å². The minimum Gasteiger partial charge on any atom is -0.497 e. The molecule has 6 nitrogen and oxygen atoms in total. The Bertz CT molecular complexity index is 1320. The second-order valence-corrected chi connectivity index (χ2v) is 8.52. The minimum atomic E-state index is -1.11. The van der Waals surface area contributed by atoms with Gasteiger partial charge in [-0.25, -0.2) is 4.79 Å². The monoisotopic (exact) mass is 457 g/mol. The zero-order valence-corrected chi connectivity index (χ0v) is 19.4. The van der Waals surface area contributed by atoms with Gasteiger partial charge in [0, 0.05) is 11.8 Å². The summed E-state index contributed by atoms with van der Waals surface area (Å²) in [5.41, 5.74) is 4.83. The van der Waals surface area contributed by atoms with Crippen molar-refractivity contribution in [3.63, 3.8) is 0 Å². The number of carbonyl (C=O) groups is 2. The summed E-state index contributed by atoms with van der Waals surface area (Å²) in [4.78, 5) is 24.6. The number of rotatable bonds is 8. The van der Waals surface area contributed by atoms with E-state index in [2.05, 4.69) is 31.3 Å². The Morgan fingerprint density at radius 2 is 1.74 bits per heavy atom. The van der Waals surface area contributed by atoms with Gasteiger partial charge >= 0.3 is 5.97 Å². The van der Waals surface area contributed by atoms with Gasteiger partial charge in [-0.3, -0.25) is 4.79 Å². The number of aliphatic carboxylic acids is 1. The van der Waals surface area contributed by atoms with Crippen LogP contribution in [0, 0.1) is 0 Å². The number of carboxylic acid groups (broad SMARTS) is 1. The van der Waals surface area contributed by atoms with Crippen molar-refractivity contribution in [1.82, 2.24) is 5.32 Å². The summed E-state index contributed by atoms with van der Waals surface area (Å²) < 4.78 is 10.8. The fraction of sp³-hybridized carbons (Fsp3) is 0.214. The molecule has 0 aliphatic carbocycles. The average Bonchev–Trinajstić information content (AvgIpc) is 3.27. The van der Waals surface area contributed by atoms with Gasteiger partial charge in [0.1, 0.15) is 17.4 Å². The van der Waals surface area contributed by atoms with Gasteiger partial charge in [0.2, 0.25) is 0 Å². The lowest BCUT2D eigenvalue weighted by Gasteiger charge is -2.15. The zero-order chi connectivity index (χ0) is 24.2. The number of furan rings is 1. The topological polar surface area (TPSA) is 88.8 Å². The fourth-order valence-electron chi connectivity index (χ4n) is 4.01. The Morgan fingerprint density at radius 1 is 1.00 bits per heavy atom. The van der Waals surface area contributed by atoms with E-state index in [4.69, 9.17) is 9.15 Å². The Hall–Kier alpha value is -4.06. The number of fused-ring (bicyclic) bond motifs is 1. The SMILES string of the molecule is COc1ccc2oc(C(=O)N[C@@H](Cc3ccc(-c4ccccc4C(C)C)cc3)C(=O)O)cc2c1. The lowest BCUT2D eigenvalue weighted by Crippen LogP contribution is -2.42. The Labute approximate surface area is 198 Å². The van der Waals surface area contributed by atoms with Crippen molar-refractivity contribution in [2.75, 3.05) is 7.11 Å². The molecule has 1 heterocycles.